The van der Waals surface area contributed by atoms with Crippen LogP contribution in [0, 0.1) is 6.92 Å². The maximum absolute atomic E-state index is 13.3. The zero-order valence-corrected chi connectivity index (χ0v) is 19.8. The van der Waals surface area contributed by atoms with Crippen molar-refractivity contribution in [3.63, 3.8) is 0 Å². The van der Waals surface area contributed by atoms with E-state index >= 15 is 0 Å². The number of allylic oxidation sites excluding steroid dienone is 1. The molecule has 6 nitrogen and oxygen atoms in total. The quantitative estimate of drug-likeness (QED) is 0.443. The Morgan fingerprint density at radius 2 is 1.68 bits per heavy atom. The number of aromatic nitrogens is 2. The van der Waals surface area contributed by atoms with Crippen LogP contribution in [0.5, 0.6) is 0 Å². The lowest BCUT2D eigenvalue weighted by Crippen LogP contribution is -2.24. The van der Waals surface area contributed by atoms with Crippen molar-refractivity contribution in [2.75, 3.05) is 5.32 Å². The van der Waals surface area contributed by atoms with E-state index in [1.54, 1.807) is 0 Å². The summed E-state index contributed by atoms with van der Waals surface area (Å²) in [5.74, 6) is -0.754. The van der Waals surface area contributed by atoms with Gasteiger partial charge in [-0.2, -0.15) is 0 Å². The fourth-order valence-electron chi connectivity index (χ4n) is 4.88. The van der Waals surface area contributed by atoms with Gasteiger partial charge in [0.2, 0.25) is 5.91 Å². The number of aromatic amines is 2. The maximum Gasteiger partial charge on any atom is 0.325 e. The first-order chi connectivity index (χ1) is 14.8. The molecule has 5 rings (SSSR count). The Hall–Kier alpha value is -2.71. The van der Waals surface area contributed by atoms with Crippen molar-refractivity contribution in [2.45, 2.75) is 25.7 Å². The molecule has 0 saturated heterocycles. The predicted molar refractivity (Wildman–Crippen MR) is 127 cm³/mol. The monoisotopic (exact) mass is 541 g/mol. The molecule has 2 aliphatic rings. The maximum atomic E-state index is 13.3. The van der Waals surface area contributed by atoms with Crippen molar-refractivity contribution in [1.29, 1.82) is 0 Å². The number of hydrogen-bond donors (Lipinski definition) is 3. The molecule has 0 spiro atoms. The number of amides is 1. The van der Waals surface area contributed by atoms with E-state index < -0.39 is 17.2 Å². The van der Waals surface area contributed by atoms with Crippen LogP contribution in [-0.2, 0) is 4.79 Å². The standard InChI is InChI=1S/C23H17Br2N3O3/c1-9-14(24)7-15(25)20-18(9)19(22(30)27-20)17-10(2)16(11-5-3-4-6-12(11)17)13-8-26-23(31)28-21(13)29/h3-8,17,19H,1-2H3,(H,27,30)(H2,26,28,29,31). The van der Waals surface area contributed by atoms with Crippen LogP contribution in [0.4, 0.5) is 5.69 Å². The van der Waals surface area contributed by atoms with Gasteiger partial charge in [-0.1, -0.05) is 45.8 Å². The van der Waals surface area contributed by atoms with Gasteiger partial charge in [0.25, 0.3) is 5.56 Å². The smallest absolute Gasteiger partial charge is 0.324 e. The molecule has 1 aliphatic carbocycles. The minimum atomic E-state index is -0.552. The third-order valence-electron chi connectivity index (χ3n) is 6.21. The fourth-order valence-corrected chi connectivity index (χ4v) is 6.17. The second-order valence-corrected chi connectivity index (χ2v) is 9.54. The summed E-state index contributed by atoms with van der Waals surface area (Å²) in [6, 6.07) is 9.75. The topological polar surface area (TPSA) is 94.8 Å². The number of hydrogen-bond acceptors (Lipinski definition) is 3. The molecule has 0 fully saturated rings. The highest BCUT2D eigenvalue weighted by Crippen LogP contribution is 2.55. The molecule has 3 aromatic rings. The van der Waals surface area contributed by atoms with Gasteiger partial charge in [-0.25, -0.2) is 4.79 Å². The van der Waals surface area contributed by atoms with E-state index in [1.807, 2.05) is 44.2 Å². The normalized spacial score (nSPS) is 19.4. The zero-order chi connectivity index (χ0) is 22.0. The van der Waals surface area contributed by atoms with Gasteiger partial charge in [0.05, 0.1) is 17.2 Å². The molecule has 3 N–H and O–H groups in total. The Bertz CT molecular complexity index is 1430. The summed E-state index contributed by atoms with van der Waals surface area (Å²) in [6.45, 7) is 3.95. The summed E-state index contributed by atoms with van der Waals surface area (Å²) < 4.78 is 1.74. The van der Waals surface area contributed by atoms with Gasteiger partial charge < -0.3 is 10.3 Å². The molecule has 2 aromatic carbocycles. The molecule has 2 heterocycles. The number of carbonyl (C=O) groups is 1. The second kappa shape index (κ2) is 7.17. The summed E-state index contributed by atoms with van der Waals surface area (Å²) in [4.78, 5) is 42.3. The Balaban J connectivity index is 1.79. The van der Waals surface area contributed by atoms with Gasteiger partial charge in [-0.15, -0.1) is 0 Å². The van der Waals surface area contributed by atoms with E-state index in [1.165, 1.54) is 6.20 Å². The largest absolute Gasteiger partial charge is 0.325 e. The van der Waals surface area contributed by atoms with E-state index in [-0.39, 0.29) is 11.8 Å². The lowest BCUT2D eigenvalue weighted by molar-refractivity contribution is -0.117. The predicted octanol–water partition coefficient (Wildman–Crippen LogP) is 4.55. The van der Waals surface area contributed by atoms with Crippen molar-refractivity contribution in [3.05, 3.63) is 99.7 Å². The number of anilines is 1. The van der Waals surface area contributed by atoms with Crippen LogP contribution < -0.4 is 16.6 Å². The van der Waals surface area contributed by atoms with Crippen LogP contribution >= 0.6 is 31.9 Å². The molecule has 0 bridgehead atoms. The molecule has 1 amide bonds. The molecule has 8 heteroatoms. The molecule has 0 radical (unpaired) electrons. The van der Waals surface area contributed by atoms with Crippen molar-refractivity contribution in [2.24, 2.45) is 0 Å². The van der Waals surface area contributed by atoms with Crippen LogP contribution in [0.25, 0.3) is 5.57 Å². The van der Waals surface area contributed by atoms with E-state index in [4.69, 9.17) is 0 Å². The SMILES string of the molecule is CC1=C(c2c[nH]c(=O)[nH]c2=O)c2ccccc2C1C1C(=O)Nc2c(Br)cc(Br)c(C)c21. The number of fused-ring (bicyclic) bond motifs is 2. The minimum Gasteiger partial charge on any atom is -0.324 e. The van der Waals surface area contributed by atoms with Crippen LogP contribution in [0.1, 0.15) is 46.6 Å². The second-order valence-electron chi connectivity index (χ2n) is 7.83. The molecule has 0 saturated carbocycles. The van der Waals surface area contributed by atoms with Crippen molar-refractivity contribution >= 4 is 49.0 Å². The highest BCUT2D eigenvalue weighted by atomic mass is 79.9. The Labute approximate surface area is 194 Å². The van der Waals surface area contributed by atoms with Crippen molar-refractivity contribution < 1.29 is 4.79 Å². The third kappa shape index (κ3) is 2.92. The van der Waals surface area contributed by atoms with Gasteiger partial charge >= 0.3 is 5.69 Å². The first-order valence-electron chi connectivity index (χ1n) is 9.71. The number of rotatable bonds is 2. The number of carbonyl (C=O) groups excluding carboxylic acids is 1. The number of halogens is 2. The van der Waals surface area contributed by atoms with Crippen molar-refractivity contribution in [3.8, 4) is 0 Å². The zero-order valence-electron chi connectivity index (χ0n) is 16.6. The average molecular weight is 543 g/mol. The van der Waals surface area contributed by atoms with Crippen LogP contribution in [0.3, 0.4) is 0 Å². The van der Waals surface area contributed by atoms with E-state index in [9.17, 15) is 14.4 Å². The molecule has 156 valence electrons. The van der Waals surface area contributed by atoms with Crippen molar-refractivity contribution in [1.82, 2.24) is 9.97 Å². The molecule has 1 aromatic heterocycles. The summed E-state index contributed by atoms with van der Waals surface area (Å²) in [7, 11) is 0. The third-order valence-corrected chi connectivity index (χ3v) is 7.66. The lowest BCUT2D eigenvalue weighted by Gasteiger charge is -2.22. The number of H-pyrrole nitrogens is 2. The fraction of sp³-hybridized carbons (Fsp3) is 0.174. The van der Waals surface area contributed by atoms with Gasteiger partial charge in [-0.05, 0) is 63.7 Å². The molecular weight excluding hydrogens is 526 g/mol. The summed E-state index contributed by atoms with van der Waals surface area (Å²) in [5, 5.41) is 3.04. The summed E-state index contributed by atoms with van der Waals surface area (Å²) in [6.07, 6.45) is 1.44. The highest BCUT2D eigenvalue weighted by Gasteiger charge is 2.45. The average Bonchev–Trinajstić information content (AvgIpc) is 3.20. The Morgan fingerprint density at radius 3 is 2.42 bits per heavy atom. The van der Waals surface area contributed by atoms with Crippen LogP contribution in [0.15, 0.2) is 60.6 Å². The number of benzene rings is 2. The molecule has 2 atom stereocenters. The van der Waals surface area contributed by atoms with Gasteiger partial charge in [0.15, 0.2) is 0 Å². The summed E-state index contributed by atoms with van der Waals surface area (Å²) in [5.41, 5.74) is 5.68. The Morgan fingerprint density at radius 1 is 0.935 bits per heavy atom. The molecular formula is C23H17Br2N3O3. The van der Waals surface area contributed by atoms with E-state index in [0.717, 1.165) is 48.0 Å². The van der Waals surface area contributed by atoms with Crippen LogP contribution in [-0.4, -0.2) is 15.9 Å². The summed E-state index contributed by atoms with van der Waals surface area (Å²) >= 11 is 7.18. The first kappa shape index (κ1) is 20.2. The number of nitrogens with one attached hydrogen (secondary N) is 3. The Kier molecular flexibility index (Phi) is 4.67. The van der Waals surface area contributed by atoms with Gasteiger partial charge in [0, 0.05) is 21.1 Å². The van der Waals surface area contributed by atoms with E-state index in [0.29, 0.717) is 5.56 Å². The van der Waals surface area contributed by atoms with E-state index in [2.05, 4.69) is 47.1 Å². The molecule has 1 aliphatic heterocycles. The first-order valence-corrected chi connectivity index (χ1v) is 11.3. The minimum absolute atomic E-state index is 0.0762. The van der Waals surface area contributed by atoms with Crippen LogP contribution in [0.2, 0.25) is 0 Å². The highest BCUT2D eigenvalue weighted by molar-refractivity contribution is 9.11. The molecule has 2 unspecified atom stereocenters. The molecule has 31 heavy (non-hydrogen) atoms. The van der Waals surface area contributed by atoms with Gasteiger partial charge in [-0.3, -0.25) is 14.6 Å². The lowest BCUT2D eigenvalue weighted by atomic mass is 9.79. The van der Waals surface area contributed by atoms with Gasteiger partial charge in [0.1, 0.15) is 0 Å².